The lowest BCUT2D eigenvalue weighted by atomic mass is 9.97. The molecule has 1 N–H and O–H groups in total. The number of likely N-dealkylation sites (tertiary alicyclic amines) is 1. The highest BCUT2D eigenvalue weighted by molar-refractivity contribution is 14.0. The van der Waals surface area contributed by atoms with Gasteiger partial charge in [0.15, 0.2) is 5.96 Å². The first-order chi connectivity index (χ1) is 13.2. The van der Waals surface area contributed by atoms with E-state index in [0.29, 0.717) is 19.0 Å². The first-order valence-electron chi connectivity index (χ1n) is 11.0. The summed E-state index contributed by atoms with van der Waals surface area (Å²) in [6, 6.07) is 0.271. The Balaban J connectivity index is 0.00000300. The van der Waals surface area contributed by atoms with Crippen LogP contribution in [0.1, 0.15) is 47.5 Å². The molecular formula is C21H40IN5O2. The molecule has 3 aliphatic rings. The monoisotopic (exact) mass is 521 g/mol. The fraction of sp³-hybridized carbons (Fsp3) is 0.905. The molecule has 2 fully saturated rings. The van der Waals surface area contributed by atoms with Crippen LogP contribution in [0.25, 0.3) is 0 Å². The molecule has 0 bridgehead atoms. The summed E-state index contributed by atoms with van der Waals surface area (Å²) in [6.45, 7) is 17.9. The third-order valence-electron chi connectivity index (χ3n) is 5.63. The number of hydrogen-bond acceptors (Lipinski definition) is 6. The van der Waals surface area contributed by atoms with Gasteiger partial charge in [-0.25, -0.2) is 4.79 Å². The molecule has 168 valence electrons. The second kappa shape index (κ2) is 10.5. The highest BCUT2D eigenvalue weighted by Crippen LogP contribution is 2.20. The van der Waals surface area contributed by atoms with Crippen LogP contribution in [0.3, 0.4) is 0 Å². The van der Waals surface area contributed by atoms with Crippen LogP contribution < -0.4 is 5.32 Å². The van der Waals surface area contributed by atoms with E-state index >= 15 is 0 Å². The highest BCUT2D eigenvalue weighted by atomic mass is 127. The summed E-state index contributed by atoms with van der Waals surface area (Å²) < 4.78 is 5.53. The van der Waals surface area contributed by atoms with Crippen LogP contribution in [-0.4, -0.2) is 90.8 Å². The number of amides is 1. The van der Waals surface area contributed by atoms with Crippen molar-refractivity contribution in [3.05, 3.63) is 0 Å². The number of aliphatic imine (C=N–C) groups is 1. The Morgan fingerprint density at radius 3 is 2.69 bits per heavy atom. The van der Waals surface area contributed by atoms with Crippen LogP contribution in [-0.2, 0) is 4.74 Å². The molecule has 29 heavy (non-hydrogen) atoms. The molecule has 7 nitrogen and oxygen atoms in total. The molecule has 2 saturated heterocycles. The molecule has 3 aliphatic heterocycles. The van der Waals surface area contributed by atoms with Crippen molar-refractivity contribution in [3.63, 3.8) is 0 Å². The van der Waals surface area contributed by atoms with Crippen LogP contribution in [0.2, 0.25) is 0 Å². The molecule has 0 saturated carbocycles. The zero-order valence-electron chi connectivity index (χ0n) is 18.8. The van der Waals surface area contributed by atoms with Gasteiger partial charge in [0.2, 0.25) is 0 Å². The maximum absolute atomic E-state index is 12.4. The third kappa shape index (κ3) is 7.15. The van der Waals surface area contributed by atoms with Crippen LogP contribution in [0, 0.1) is 11.8 Å². The maximum Gasteiger partial charge on any atom is 0.410 e. The van der Waals surface area contributed by atoms with E-state index in [1.807, 2.05) is 25.7 Å². The summed E-state index contributed by atoms with van der Waals surface area (Å²) in [6.07, 6.45) is 2.38. The Morgan fingerprint density at radius 2 is 2.00 bits per heavy atom. The molecule has 3 rings (SSSR count). The van der Waals surface area contributed by atoms with Crippen molar-refractivity contribution < 1.29 is 9.53 Å². The highest BCUT2D eigenvalue weighted by Gasteiger charge is 2.36. The maximum atomic E-state index is 12.4. The van der Waals surface area contributed by atoms with E-state index in [4.69, 9.17) is 9.73 Å². The van der Waals surface area contributed by atoms with Crippen molar-refractivity contribution in [2.45, 2.75) is 59.1 Å². The van der Waals surface area contributed by atoms with E-state index in [9.17, 15) is 4.79 Å². The number of rotatable bonds is 4. The molecule has 8 heteroatoms. The Hall–Kier alpha value is -0.770. The number of guanidine groups is 1. The second-order valence-corrected chi connectivity index (χ2v) is 9.98. The Kier molecular flexibility index (Phi) is 8.87. The summed E-state index contributed by atoms with van der Waals surface area (Å²) in [5.41, 5.74) is -0.448. The fourth-order valence-electron chi connectivity index (χ4n) is 4.46. The van der Waals surface area contributed by atoms with Gasteiger partial charge in [0.1, 0.15) is 5.60 Å². The van der Waals surface area contributed by atoms with Gasteiger partial charge in [-0.3, -0.25) is 4.99 Å². The molecule has 0 aromatic carbocycles. The van der Waals surface area contributed by atoms with E-state index in [1.165, 1.54) is 32.5 Å². The standard InChI is InChI=1S/C21H39N5O2.HI/c1-16(2)13-24-8-6-7-17(14-24)11-22-19-23-12-18-15-25(9-10-26(18)19)20(27)28-21(3,4)5;/h16-18H,6-15H2,1-5H3,(H,22,23);1H. The molecular weight excluding hydrogens is 481 g/mol. The average Bonchev–Trinajstić information content (AvgIpc) is 3.00. The topological polar surface area (TPSA) is 60.4 Å². The van der Waals surface area contributed by atoms with Gasteiger partial charge in [-0.15, -0.1) is 24.0 Å². The minimum Gasteiger partial charge on any atom is -0.444 e. The summed E-state index contributed by atoms with van der Waals surface area (Å²) in [5.74, 6) is 2.44. The van der Waals surface area contributed by atoms with Crippen LogP contribution in [0.4, 0.5) is 4.79 Å². The number of fused-ring (bicyclic) bond motifs is 1. The number of carbonyl (C=O) groups is 1. The molecule has 1 amide bonds. The molecule has 0 aromatic rings. The SMILES string of the molecule is CC(C)CN1CCCC(CNC2=NCC3CN(C(=O)OC(C)(C)C)CCN23)C1.I. The van der Waals surface area contributed by atoms with Gasteiger partial charge >= 0.3 is 6.09 Å². The molecule has 0 radical (unpaired) electrons. The Morgan fingerprint density at radius 1 is 1.24 bits per heavy atom. The lowest BCUT2D eigenvalue weighted by molar-refractivity contribution is 0.0137. The number of nitrogens with one attached hydrogen (secondary N) is 1. The first kappa shape index (κ1) is 24.5. The first-order valence-corrected chi connectivity index (χ1v) is 11.0. The number of halogens is 1. The van der Waals surface area contributed by atoms with Gasteiger partial charge in [0.25, 0.3) is 0 Å². The number of ether oxygens (including phenoxy) is 1. The third-order valence-corrected chi connectivity index (χ3v) is 5.63. The Labute approximate surface area is 193 Å². The number of piperidine rings is 1. The zero-order valence-corrected chi connectivity index (χ0v) is 21.1. The van der Waals surface area contributed by atoms with E-state index in [0.717, 1.165) is 31.5 Å². The zero-order chi connectivity index (χ0) is 20.3. The smallest absolute Gasteiger partial charge is 0.410 e. The summed E-state index contributed by atoms with van der Waals surface area (Å²) >= 11 is 0. The number of piperazine rings is 1. The minimum atomic E-state index is -0.448. The molecule has 0 aliphatic carbocycles. The van der Waals surface area contributed by atoms with Crippen molar-refractivity contribution in [1.82, 2.24) is 20.0 Å². The van der Waals surface area contributed by atoms with Crippen LogP contribution in [0.15, 0.2) is 4.99 Å². The normalized spacial score (nSPS) is 25.4. The van der Waals surface area contributed by atoms with E-state index in [-0.39, 0.29) is 36.1 Å². The summed E-state index contributed by atoms with van der Waals surface area (Å²) in [7, 11) is 0. The van der Waals surface area contributed by atoms with E-state index in [1.54, 1.807) is 0 Å². The van der Waals surface area contributed by atoms with Gasteiger partial charge < -0.3 is 24.8 Å². The molecule has 3 heterocycles. The van der Waals surface area contributed by atoms with Gasteiger partial charge in [0, 0.05) is 39.3 Å². The number of hydrogen-bond donors (Lipinski definition) is 1. The molecule has 2 unspecified atom stereocenters. The Bertz CT molecular complexity index is 578. The predicted octanol–water partition coefficient (Wildman–Crippen LogP) is 2.85. The predicted molar refractivity (Wildman–Crippen MR) is 128 cm³/mol. The molecule has 0 spiro atoms. The van der Waals surface area contributed by atoms with Gasteiger partial charge in [-0.05, 0) is 52.0 Å². The van der Waals surface area contributed by atoms with Gasteiger partial charge in [-0.2, -0.15) is 0 Å². The quantitative estimate of drug-likeness (QED) is 0.577. The molecule has 2 atom stereocenters. The van der Waals surface area contributed by atoms with Crippen molar-refractivity contribution in [2.24, 2.45) is 16.8 Å². The largest absolute Gasteiger partial charge is 0.444 e. The number of nitrogens with zero attached hydrogens (tertiary/aromatic N) is 4. The lowest BCUT2D eigenvalue weighted by Gasteiger charge is -2.39. The van der Waals surface area contributed by atoms with E-state index in [2.05, 4.69) is 29.0 Å². The van der Waals surface area contributed by atoms with Gasteiger partial charge in [-0.1, -0.05) is 13.8 Å². The minimum absolute atomic E-state index is 0. The molecule has 0 aromatic heterocycles. The van der Waals surface area contributed by atoms with Crippen molar-refractivity contribution in [3.8, 4) is 0 Å². The average molecular weight is 521 g/mol. The summed E-state index contributed by atoms with van der Waals surface area (Å²) in [5, 5.41) is 3.62. The van der Waals surface area contributed by atoms with Crippen LogP contribution >= 0.6 is 24.0 Å². The van der Waals surface area contributed by atoms with Gasteiger partial charge in [0.05, 0.1) is 12.6 Å². The van der Waals surface area contributed by atoms with Crippen molar-refractivity contribution >= 4 is 36.0 Å². The fourth-order valence-corrected chi connectivity index (χ4v) is 4.46. The van der Waals surface area contributed by atoms with Crippen molar-refractivity contribution in [2.75, 3.05) is 52.4 Å². The van der Waals surface area contributed by atoms with Crippen LogP contribution in [0.5, 0.6) is 0 Å². The summed E-state index contributed by atoms with van der Waals surface area (Å²) in [4.78, 5) is 23.9. The van der Waals surface area contributed by atoms with Crippen molar-refractivity contribution in [1.29, 1.82) is 0 Å². The lowest BCUT2D eigenvalue weighted by Crippen LogP contribution is -2.58. The van der Waals surface area contributed by atoms with E-state index < -0.39 is 5.60 Å². The number of carbonyl (C=O) groups excluding carboxylic acids is 1. The second-order valence-electron chi connectivity index (χ2n) is 9.98.